The van der Waals surface area contributed by atoms with Crippen LogP contribution in [0.2, 0.25) is 0 Å². The largest absolute Gasteiger partial charge is 0.497 e. The Labute approximate surface area is 175 Å². The normalized spacial score (nSPS) is 12.4. The Morgan fingerprint density at radius 2 is 1.93 bits per heavy atom. The van der Waals surface area contributed by atoms with Crippen molar-refractivity contribution < 1.29 is 19.0 Å². The van der Waals surface area contributed by atoms with E-state index in [1.165, 1.54) is 11.8 Å². The van der Waals surface area contributed by atoms with Crippen molar-refractivity contribution in [3.8, 4) is 11.6 Å². The van der Waals surface area contributed by atoms with E-state index in [1.54, 1.807) is 14.0 Å². The molecule has 1 aliphatic heterocycles. The smallest absolute Gasteiger partial charge is 0.345 e. The number of carbonyl (C=O) groups excluding carboxylic acids is 1. The molecule has 3 aromatic rings. The average Bonchev–Trinajstić information content (AvgIpc) is 3.22. The standard InChI is InChI=1S/C23H23N3O4/c1-3-29-22(27)19-14-24-23(26-13-12-17-6-4-5-7-20(17)26)25-21(19)30-15-16-8-10-18(28-2)11-9-16/h4-11,14H,3,12-13,15H2,1-2H3. The average molecular weight is 405 g/mol. The molecule has 0 atom stereocenters. The van der Waals surface area contributed by atoms with Crippen LogP contribution in [0.3, 0.4) is 0 Å². The number of esters is 1. The molecule has 0 N–H and O–H groups in total. The number of ether oxygens (including phenoxy) is 3. The molecule has 1 aromatic heterocycles. The molecule has 0 radical (unpaired) electrons. The number of hydrogen-bond acceptors (Lipinski definition) is 7. The van der Waals surface area contributed by atoms with Gasteiger partial charge in [-0.3, -0.25) is 0 Å². The fourth-order valence-electron chi connectivity index (χ4n) is 3.37. The van der Waals surface area contributed by atoms with Crippen molar-refractivity contribution in [3.63, 3.8) is 0 Å². The maximum absolute atomic E-state index is 12.4. The number of aromatic nitrogens is 2. The van der Waals surface area contributed by atoms with E-state index < -0.39 is 5.97 Å². The third-order valence-electron chi connectivity index (χ3n) is 4.90. The predicted molar refractivity (Wildman–Crippen MR) is 112 cm³/mol. The van der Waals surface area contributed by atoms with Gasteiger partial charge in [0.2, 0.25) is 11.8 Å². The molecule has 7 nitrogen and oxygen atoms in total. The van der Waals surface area contributed by atoms with Crippen LogP contribution in [0.4, 0.5) is 11.6 Å². The molecule has 30 heavy (non-hydrogen) atoms. The molecule has 4 rings (SSSR count). The summed E-state index contributed by atoms with van der Waals surface area (Å²) in [5.74, 6) is 0.968. The van der Waals surface area contributed by atoms with E-state index in [9.17, 15) is 4.79 Å². The molecule has 0 unspecified atom stereocenters. The summed E-state index contributed by atoms with van der Waals surface area (Å²) in [7, 11) is 1.62. The summed E-state index contributed by atoms with van der Waals surface area (Å²) in [6, 6.07) is 15.7. The zero-order chi connectivity index (χ0) is 20.9. The van der Waals surface area contributed by atoms with Crippen LogP contribution >= 0.6 is 0 Å². The molecule has 0 saturated heterocycles. The van der Waals surface area contributed by atoms with E-state index in [2.05, 4.69) is 16.0 Å². The van der Waals surface area contributed by atoms with Gasteiger partial charge in [-0.2, -0.15) is 4.98 Å². The number of carbonyl (C=O) groups is 1. The Bertz CT molecular complexity index is 1040. The molecule has 0 fully saturated rings. The highest BCUT2D eigenvalue weighted by atomic mass is 16.5. The Morgan fingerprint density at radius 3 is 2.70 bits per heavy atom. The highest BCUT2D eigenvalue weighted by molar-refractivity contribution is 5.91. The second-order valence-corrected chi connectivity index (χ2v) is 6.78. The van der Waals surface area contributed by atoms with Crippen LogP contribution in [-0.4, -0.2) is 36.2 Å². The number of hydrogen-bond donors (Lipinski definition) is 0. The molecule has 0 aliphatic carbocycles. The van der Waals surface area contributed by atoms with Crippen molar-refractivity contribution in [2.75, 3.05) is 25.2 Å². The number of nitrogens with zero attached hydrogens (tertiary/aromatic N) is 3. The van der Waals surface area contributed by atoms with E-state index in [-0.39, 0.29) is 24.7 Å². The Kier molecular flexibility index (Phi) is 5.79. The Hall–Kier alpha value is -3.61. The quantitative estimate of drug-likeness (QED) is 0.551. The molecular formula is C23H23N3O4. The lowest BCUT2D eigenvalue weighted by molar-refractivity contribution is 0.0519. The van der Waals surface area contributed by atoms with Crippen LogP contribution in [0.1, 0.15) is 28.4 Å². The van der Waals surface area contributed by atoms with Crippen molar-refractivity contribution in [2.45, 2.75) is 20.0 Å². The molecule has 7 heteroatoms. The predicted octanol–water partition coefficient (Wildman–Crippen LogP) is 3.94. The molecule has 1 aliphatic rings. The molecule has 0 amide bonds. The molecule has 0 spiro atoms. The van der Waals surface area contributed by atoms with Crippen molar-refractivity contribution in [2.24, 2.45) is 0 Å². The fourth-order valence-corrected chi connectivity index (χ4v) is 3.37. The third-order valence-corrected chi connectivity index (χ3v) is 4.90. The maximum atomic E-state index is 12.4. The van der Waals surface area contributed by atoms with Crippen LogP contribution in [0, 0.1) is 0 Å². The second-order valence-electron chi connectivity index (χ2n) is 6.78. The summed E-state index contributed by atoms with van der Waals surface area (Å²) in [4.78, 5) is 23.4. The third kappa shape index (κ3) is 4.05. The minimum Gasteiger partial charge on any atom is -0.497 e. The number of fused-ring (bicyclic) bond motifs is 1. The summed E-state index contributed by atoms with van der Waals surface area (Å²) in [5.41, 5.74) is 3.46. The summed E-state index contributed by atoms with van der Waals surface area (Å²) >= 11 is 0. The van der Waals surface area contributed by atoms with Gasteiger partial charge >= 0.3 is 5.97 Å². The topological polar surface area (TPSA) is 73.8 Å². The number of para-hydroxylation sites is 1. The van der Waals surface area contributed by atoms with Gasteiger partial charge in [-0.15, -0.1) is 0 Å². The lowest BCUT2D eigenvalue weighted by atomic mass is 10.2. The maximum Gasteiger partial charge on any atom is 0.345 e. The Balaban J connectivity index is 1.62. The summed E-state index contributed by atoms with van der Waals surface area (Å²) < 4.78 is 16.3. The highest BCUT2D eigenvalue weighted by Crippen LogP contribution is 2.33. The van der Waals surface area contributed by atoms with Crippen LogP contribution in [-0.2, 0) is 17.8 Å². The lowest BCUT2D eigenvalue weighted by Gasteiger charge is -2.18. The zero-order valence-corrected chi connectivity index (χ0v) is 17.0. The van der Waals surface area contributed by atoms with Crippen LogP contribution in [0.5, 0.6) is 11.6 Å². The first kappa shape index (κ1) is 19.7. The molecule has 0 bridgehead atoms. The van der Waals surface area contributed by atoms with Gasteiger partial charge < -0.3 is 19.1 Å². The molecular weight excluding hydrogens is 382 g/mol. The Morgan fingerprint density at radius 1 is 1.13 bits per heavy atom. The zero-order valence-electron chi connectivity index (χ0n) is 17.0. The molecule has 0 saturated carbocycles. The van der Waals surface area contributed by atoms with Gasteiger partial charge in [-0.1, -0.05) is 30.3 Å². The van der Waals surface area contributed by atoms with Crippen molar-refractivity contribution >= 4 is 17.6 Å². The first-order valence-corrected chi connectivity index (χ1v) is 9.85. The van der Waals surface area contributed by atoms with Crippen molar-refractivity contribution in [1.29, 1.82) is 0 Å². The van der Waals surface area contributed by atoms with Gasteiger partial charge in [0.25, 0.3) is 0 Å². The van der Waals surface area contributed by atoms with Gasteiger partial charge in [0.05, 0.1) is 19.9 Å². The van der Waals surface area contributed by atoms with E-state index in [0.29, 0.717) is 5.95 Å². The second kappa shape index (κ2) is 8.82. The van der Waals surface area contributed by atoms with Crippen molar-refractivity contribution in [3.05, 3.63) is 71.4 Å². The van der Waals surface area contributed by atoms with Crippen LogP contribution < -0.4 is 14.4 Å². The number of rotatable bonds is 7. The van der Waals surface area contributed by atoms with Crippen molar-refractivity contribution in [1.82, 2.24) is 9.97 Å². The monoisotopic (exact) mass is 405 g/mol. The van der Waals surface area contributed by atoms with Gasteiger partial charge in [0.1, 0.15) is 17.9 Å². The first-order chi connectivity index (χ1) is 14.7. The van der Waals surface area contributed by atoms with Gasteiger partial charge in [-0.25, -0.2) is 9.78 Å². The van der Waals surface area contributed by atoms with E-state index in [1.807, 2.05) is 47.4 Å². The number of methoxy groups -OCH3 is 1. The highest BCUT2D eigenvalue weighted by Gasteiger charge is 2.25. The van der Waals surface area contributed by atoms with E-state index >= 15 is 0 Å². The molecule has 2 aromatic carbocycles. The minimum absolute atomic E-state index is 0.207. The fraction of sp³-hybridized carbons (Fsp3) is 0.261. The van der Waals surface area contributed by atoms with Crippen LogP contribution in [0.25, 0.3) is 0 Å². The number of anilines is 2. The van der Waals surface area contributed by atoms with Gasteiger partial charge in [0, 0.05) is 12.2 Å². The van der Waals surface area contributed by atoms with Gasteiger partial charge in [0.15, 0.2) is 0 Å². The minimum atomic E-state index is -0.504. The molecule has 154 valence electrons. The van der Waals surface area contributed by atoms with E-state index in [0.717, 1.165) is 30.0 Å². The SMILES string of the molecule is CCOC(=O)c1cnc(N2CCc3ccccc32)nc1OCc1ccc(OC)cc1. The summed E-state index contributed by atoms with van der Waals surface area (Å²) in [6.07, 6.45) is 2.39. The summed E-state index contributed by atoms with van der Waals surface area (Å²) in [5, 5.41) is 0. The summed E-state index contributed by atoms with van der Waals surface area (Å²) in [6.45, 7) is 3.05. The van der Waals surface area contributed by atoms with E-state index in [4.69, 9.17) is 14.2 Å². The molecule has 2 heterocycles. The number of benzene rings is 2. The first-order valence-electron chi connectivity index (χ1n) is 9.85. The lowest BCUT2D eigenvalue weighted by Crippen LogP contribution is -2.18. The van der Waals surface area contributed by atoms with Gasteiger partial charge in [-0.05, 0) is 42.7 Å². The van der Waals surface area contributed by atoms with Crippen LogP contribution in [0.15, 0.2) is 54.7 Å².